The van der Waals surface area contributed by atoms with Crippen LogP contribution in [0.1, 0.15) is 61.5 Å². The molecule has 5 nitrogen and oxygen atoms in total. The Kier molecular flexibility index (Phi) is 6.58. The summed E-state index contributed by atoms with van der Waals surface area (Å²) in [6, 6.07) is 12.4. The fourth-order valence-electron chi connectivity index (χ4n) is 3.49. The lowest BCUT2D eigenvalue weighted by molar-refractivity contribution is 0.0928. The van der Waals surface area contributed by atoms with E-state index in [4.69, 9.17) is 0 Å². The molecule has 138 valence electrons. The molecular formula is C21H28N4O. The van der Waals surface area contributed by atoms with Crippen molar-refractivity contribution in [2.75, 3.05) is 11.4 Å². The molecule has 1 aromatic heterocycles. The van der Waals surface area contributed by atoms with Crippen molar-refractivity contribution >= 4 is 11.7 Å². The number of carbonyl (C=O) groups is 1. The first kappa shape index (κ1) is 18.4. The van der Waals surface area contributed by atoms with Crippen molar-refractivity contribution in [3.05, 3.63) is 54.0 Å². The van der Waals surface area contributed by atoms with Gasteiger partial charge in [-0.2, -0.15) is 0 Å². The summed E-state index contributed by atoms with van der Waals surface area (Å²) >= 11 is 0. The molecule has 0 spiro atoms. The van der Waals surface area contributed by atoms with Gasteiger partial charge in [-0.1, -0.05) is 56.0 Å². The highest BCUT2D eigenvalue weighted by Gasteiger charge is 2.18. The average Bonchev–Trinajstić information content (AvgIpc) is 2.95. The van der Waals surface area contributed by atoms with E-state index in [9.17, 15) is 4.79 Å². The van der Waals surface area contributed by atoms with Gasteiger partial charge in [-0.05, 0) is 25.3 Å². The third kappa shape index (κ3) is 5.04. The van der Waals surface area contributed by atoms with E-state index in [1.807, 2.05) is 18.2 Å². The zero-order valence-electron chi connectivity index (χ0n) is 15.5. The summed E-state index contributed by atoms with van der Waals surface area (Å²) < 4.78 is 0. The predicted octanol–water partition coefficient (Wildman–Crippen LogP) is 3.96. The SMILES string of the molecule is CCN(Cc1ccccc1)c1cc(C(=O)NC2CCCCCC2)ncn1. The molecular weight excluding hydrogens is 324 g/mol. The lowest BCUT2D eigenvalue weighted by atomic mass is 10.1. The van der Waals surface area contributed by atoms with Crippen LogP contribution < -0.4 is 10.2 Å². The monoisotopic (exact) mass is 352 g/mol. The number of aromatic nitrogens is 2. The molecule has 0 radical (unpaired) electrons. The number of rotatable bonds is 6. The lowest BCUT2D eigenvalue weighted by Gasteiger charge is -2.22. The number of benzene rings is 1. The normalized spacial score (nSPS) is 15.3. The molecule has 1 aromatic carbocycles. The molecule has 1 saturated carbocycles. The van der Waals surface area contributed by atoms with Crippen molar-refractivity contribution < 1.29 is 4.79 Å². The molecule has 0 atom stereocenters. The summed E-state index contributed by atoms with van der Waals surface area (Å²) in [5, 5.41) is 3.16. The van der Waals surface area contributed by atoms with Gasteiger partial charge in [-0.3, -0.25) is 4.79 Å². The van der Waals surface area contributed by atoms with Crippen molar-refractivity contribution in [3.63, 3.8) is 0 Å². The Morgan fingerprint density at radius 2 is 1.85 bits per heavy atom. The molecule has 0 aliphatic heterocycles. The van der Waals surface area contributed by atoms with Gasteiger partial charge in [-0.25, -0.2) is 9.97 Å². The molecule has 1 N–H and O–H groups in total. The van der Waals surface area contributed by atoms with Gasteiger partial charge in [0.15, 0.2) is 0 Å². The van der Waals surface area contributed by atoms with E-state index in [0.717, 1.165) is 31.7 Å². The van der Waals surface area contributed by atoms with Crippen LogP contribution in [-0.2, 0) is 6.54 Å². The van der Waals surface area contributed by atoms with Gasteiger partial charge < -0.3 is 10.2 Å². The van der Waals surface area contributed by atoms with Crippen LogP contribution in [-0.4, -0.2) is 28.5 Å². The van der Waals surface area contributed by atoms with E-state index >= 15 is 0 Å². The number of nitrogens with zero attached hydrogens (tertiary/aromatic N) is 3. The van der Waals surface area contributed by atoms with Crippen molar-refractivity contribution in [2.24, 2.45) is 0 Å². The van der Waals surface area contributed by atoms with Crippen molar-refractivity contribution in [1.29, 1.82) is 0 Å². The van der Waals surface area contributed by atoms with E-state index in [1.165, 1.54) is 37.6 Å². The van der Waals surface area contributed by atoms with Gasteiger partial charge in [0.1, 0.15) is 17.8 Å². The Hall–Kier alpha value is -2.43. The first-order chi connectivity index (χ1) is 12.8. The summed E-state index contributed by atoms with van der Waals surface area (Å²) in [5.74, 6) is 0.702. The molecule has 1 fully saturated rings. The summed E-state index contributed by atoms with van der Waals surface area (Å²) in [6.07, 6.45) is 8.56. The third-order valence-corrected chi connectivity index (χ3v) is 5.00. The van der Waals surface area contributed by atoms with Crippen molar-refractivity contribution in [2.45, 2.75) is 58.0 Å². The topological polar surface area (TPSA) is 58.1 Å². The molecule has 1 aliphatic carbocycles. The van der Waals surface area contributed by atoms with Crippen LogP contribution in [0, 0.1) is 0 Å². The maximum atomic E-state index is 12.6. The summed E-state index contributed by atoms with van der Waals surface area (Å²) in [5.41, 5.74) is 1.67. The summed E-state index contributed by atoms with van der Waals surface area (Å²) in [6.45, 7) is 3.67. The smallest absolute Gasteiger partial charge is 0.270 e. The second-order valence-electron chi connectivity index (χ2n) is 6.92. The highest BCUT2D eigenvalue weighted by molar-refractivity contribution is 5.93. The molecule has 0 saturated heterocycles. The van der Waals surface area contributed by atoms with E-state index in [1.54, 1.807) is 6.07 Å². The van der Waals surface area contributed by atoms with Crippen LogP contribution in [0.15, 0.2) is 42.7 Å². The highest BCUT2D eigenvalue weighted by Crippen LogP contribution is 2.18. The number of hydrogen-bond acceptors (Lipinski definition) is 4. The second-order valence-corrected chi connectivity index (χ2v) is 6.92. The zero-order valence-corrected chi connectivity index (χ0v) is 15.5. The van der Waals surface area contributed by atoms with Crippen LogP contribution in [0.5, 0.6) is 0 Å². The van der Waals surface area contributed by atoms with E-state index < -0.39 is 0 Å². The fraction of sp³-hybridized carbons (Fsp3) is 0.476. The average molecular weight is 352 g/mol. The van der Waals surface area contributed by atoms with Crippen LogP contribution in [0.2, 0.25) is 0 Å². The fourth-order valence-corrected chi connectivity index (χ4v) is 3.49. The maximum absolute atomic E-state index is 12.6. The van der Waals surface area contributed by atoms with Crippen LogP contribution >= 0.6 is 0 Å². The van der Waals surface area contributed by atoms with E-state index in [-0.39, 0.29) is 11.9 Å². The van der Waals surface area contributed by atoms with Gasteiger partial charge >= 0.3 is 0 Å². The molecule has 1 amide bonds. The van der Waals surface area contributed by atoms with Crippen LogP contribution in [0.4, 0.5) is 5.82 Å². The first-order valence-corrected chi connectivity index (χ1v) is 9.68. The number of carbonyl (C=O) groups excluding carboxylic acids is 1. The molecule has 0 unspecified atom stereocenters. The summed E-state index contributed by atoms with van der Waals surface area (Å²) in [4.78, 5) is 23.4. The number of anilines is 1. The number of amides is 1. The lowest BCUT2D eigenvalue weighted by Crippen LogP contribution is -2.35. The molecule has 1 heterocycles. The molecule has 5 heteroatoms. The standard InChI is InChI=1S/C21H28N4O/c1-2-25(15-17-10-6-5-7-11-17)20-14-19(22-16-23-20)21(26)24-18-12-8-3-4-9-13-18/h5-7,10-11,14,16,18H,2-4,8-9,12-13,15H2,1H3,(H,24,26). The van der Waals surface area contributed by atoms with Gasteiger partial charge in [-0.15, -0.1) is 0 Å². The maximum Gasteiger partial charge on any atom is 0.270 e. The van der Waals surface area contributed by atoms with E-state index in [2.05, 4.69) is 39.2 Å². The van der Waals surface area contributed by atoms with Gasteiger partial charge in [0.05, 0.1) is 0 Å². The molecule has 3 rings (SSSR count). The van der Waals surface area contributed by atoms with E-state index in [0.29, 0.717) is 5.69 Å². The largest absolute Gasteiger partial charge is 0.352 e. The minimum Gasteiger partial charge on any atom is -0.352 e. The minimum atomic E-state index is -0.0867. The Morgan fingerprint density at radius 3 is 2.54 bits per heavy atom. The van der Waals surface area contributed by atoms with Gasteiger partial charge in [0.25, 0.3) is 5.91 Å². The molecule has 2 aromatic rings. The molecule has 26 heavy (non-hydrogen) atoms. The third-order valence-electron chi connectivity index (χ3n) is 5.00. The Labute approximate surface area is 155 Å². The molecule has 0 bridgehead atoms. The zero-order chi connectivity index (χ0) is 18.2. The van der Waals surface area contributed by atoms with Gasteiger partial charge in [0.2, 0.25) is 0 Å². The minimum absolute atomic E-state index is 0.0867. The number of nitrogens with one attached hydrogen (secondary N) is 1. The Balaban J connectivity index is 1.68. The van der Waals surface area contributed by atoms with Crippen LogP contribution in [0.25, 0.3) is 0 Å². The van der Waals surface area contributed by atoms with Crippen molar-refractivity contribution in [3.8, 4) is 0 Å². The highest BCUT2D eigenvalue weighted by atomic mass is 16.1. The quantitative estimate of drug-likeness (QED) is 0.800. The Bertz CT molecular complexity index is 696. The number of hydrogen-bond donors (Lipinski definition) is 1. The Morgan fingerprint density at radius 1 is 1.12 bits per heavy atom. The van der Waals surface area contributed by atoms with Crippen molar-refractivity contribution in [1.82, 2.24) is 15.3 Å². The van der Waals surface area contributed by atoms with Crippen LogP contribution in [0.3, 0.4) is 0 Å². The first-order valence-electron chi connectivity index (χ1n) is 9.68. The van der Waals surface area contributed by atoms with Gasteiger partial charge in [0, 0.05) is 25.2 Å². The summed E-state index contributed by atoms with van der Waals surface area (Å²) in [7, 11) is 0. The molecule has 1 aliphatic rings. The predicted molar refractivity (Wildman–Crippen MR) is 104 cm³/mol. The second kappa shape index (κ2) is 9.32.